The van der Waals surface area contributed by atoms with Crippen LogP contribution in [0, 0.1) is 0 Å². The predicted molar refractivity (Wildman–Crippen MR) is 97.7 cm³/mol. The Balaban J connectivity index is 1.47. The van der Waals surface area contributed by atoms with Crippen LogP contribution in [0.1, 0.15) is 21.7 Å². The first-order chi connectivity index (χ1) is 9.19. The molecular formula is C14H16S4Se. The maximum atomic E-state index is 5.50. The van der Waals surface area contributed by atoms with Crippen molar-refractivity contribution in [3.05, 3.63) is 21.0 Å². The zero-order valence-corrected chi connectivity index (χ0v) is 15.6. The molecule has 0 aromatic carbocycles. The van der Waals surface area contributed by atoms with Crippen molar-refractivity contribution in [2.45, 2.75) is 36.2 Å². The van der Waals surface area contributed by atoms with Gasteiger partial charge in [0.2, 0.25) is 0 Å². The summed E-state index contributed by atoms with van der Waals surface area (Å²) in [5, 5.41) is 1.69. The van der Waals surface area contributed by atoms with Crippen LogP contribution < -0.4 is 0 Å². The third-order valence-corrected chi connectivity index (χ3v) is 8.02. The van der Waals surface area contributed by atoms with Crippen LogP contribution in [0.4, 0.5) is 0 Å². The molecule has 19 heavy (non-hydrogen) atoms. The summed E-state index contributed by atoms with van der Waals surface area (Å²) in [5.74, 6) is 2.64. The molecule has 2 fully saturated rings. The molecule has 0 bridgehead atoms. The van der Waals surface area contributed by atoms with Crippen molar-refractivity contribution in [3.8, 4) is 0 Å². The summed E-state index contributed by atoms with van der Waals surface area (Å²) < 4.78 is 3.11. The Morgan fingerprint density at radius 1 is 1.00 bits per heavy atom. The van der Waals surface area contributed by atoms with Crippen molar-refractivity contribution in [2.75, 3.05) is 11.5 Å². The first kappa shape index (κ1) is 14.8. The summed E-state index contributed by atoms with van der Waals surface area (Å²) in [7, 11) is 0. The van der Waals surface area contributed by atoms with Gasteiger partial charge in [-0.25, -0.2) is 0 Å². The second-order valence-electron chi connectivity index (χ2n) is 5.12. The van der Waals surface area contributed by atoms with Crippen molar-refractivity contribution in [1.29, 1.82) is 0 Å². The number of hydrogen-bond acceptors (Lipinski definition) is 4. The van der Waals surface area contributed by atoms with E-state index in [1.54, 1.807) is 8.87 Å². The van der Waals surface area contributed by atoms with Crippen LogP contribution in [0.5, 0.6) is 0 Å². The third-order valence-electron chi connectivity index (χ3n) is 3.18. The fourth-order valence-electron chi connectivity index (χ4n) is 2.02. The molecule has 2 aliphatic rings. The van der Waals surface area contributed by atoms with Crippen LogP contribution in [0.2, 0.25) is 0 Å². The first-order valence-corrected chi connectivity index (χ1v) is 11.2. The van der Waals surface area contributed by atoms with Gasteiger partial charge in [0.1, 0.15) is 0 Å². The number of hydrogen-bond donors (Lipinski definition) is 0. The van der Waals surface area contributed by atoms with Crippen LogP contribution in [0.25, 0.3) is 0 Å². The van der Waals surface area contributed by atoms with Gasteiger partial charge in [-0.2, -0.15) is 0 Å². The second-order valence-corrected chi connectivity index (χ2v) is 11.6. The van der Waals surface area contributed by atoms with E-state index < -0.39 is 0 Å². The van der Waals surface area contributed by atoms with Crippen LogP contribution in [0.15, 0.2) is 12.1 Å². The van der Waals surface area contributed by atoms with Crippen molar-refractivity contribution in [3.63, 3.8) is 0 Å². The van der Waals surface area contributed by atoms with Gasteiger partial charge in [0.15, 0.2) is 0 Å². The van der Waals surface area contributed by atoms with Gasteiger partial charge in [0.25, 0.3) is 0 Å². The fraction of sp³-hybridized carbons (Fsp3) is 0.571. The molecule has 2 saturated heterocycles. The van der Waals surface area contributed by atoms with E-state index in [9.17, 15) is 0 Å². The normalized spacial score (nSPS) is 24.2. The Morgan fingerprint density at radius 2 is 1.42 bits per heavy atom. The second kappa shape index (κ2) is 6.76. The fourth-order valence-corrected chi connectivity index (χ4v) is 6.82. The van der Waals surface area contributed by atoms with Gasteiger partial charge >= 0.3 is 141 Å². The van der Waals surface area contributed by atoms with E-state index in [1.165, 1.54) is 21.2 Å². The van der Waals surface area contributed by atoms with E-state index >= 15 is 0 Å². The van der Waals surface area contributed by atoms with E-state index in [4.69, 9.17) is 24.4 Å². The molecule has 3 rings (SSSR count). The Labute approximate surface area is 140 Å². The van der Waals surface area contributed by atoms with Gasteiger partial charge in [0.05, 0.1) is 0 Å². The monoisotopic (exact) mass is 392 g/mol. The van der Waals surface area contributed by atoms with Crippen molar-refractivity contribution in [2.24, 2.45) is 0 Å². The van der Waals surface area contributed by atoms with Gasteiger partial charge in [-0.05, 0) is 0 Å². The molecule has 0 aliphatic carbocycles. The predicted octanol–water partition coefficient (Wildman–Crippen LogP) is 3.58. The molecule has 0 N–H and O–H groups in total. The average Bonchev–Trinajstić information content (AvgIpc) is 3.24. The Morgan fingerprint density at radius 3 is 1.79 bits per heavy atom. The SMILES string of the molecule is S=C(Cc1ccc(CC(=S)CC2CS2)[se]1)CC1CS1. The van der Waals surface area contributed by atoms with Crippen molar-refractivity contribution in [1.82, 2.24) is 0 Å². The molecule has 0 amide bonds. The van der Waals surface area contributed by atoms with Crippen molar-refractivity contribution < 1.29 is 0 Å². The van der Waals surface area contributed by atoms with Gasteiger partial charge in [-0.15, -0.1) is 0 Å². The maximum absolute atomic E-state index is 5.50. The van der Waals surface area contributed by atoms with Crippen molar-refractivity contribution >= 4 is 72.2 Å². The molecule has 3 heterocycles. The zero-order valence-electron chi connectivity index (χ0n) is 10.6. The minimum absolute atomic E-state index is 0.515. The molecule has 2 aliphatic heterocycles. The summed E-state index contributed by atoms with van der Waals surface area (Å²) in [5.41, 5.74) is 0. The quantitative estimate of drug-likeness (QED) is 0.377. The molecular weight excluding hydrogens is 375 g/mol. The molecule has 0 nitrogen and oxygen atoms in total. The molecule has 2 unspecified atom stereocenters. The molecule has 1 aromatic rings. The van der Waals surface area contributed by atoms with Crippen LogP contribution in [-0.2, 0) is 12.8 Å². The van der Waals surface area contributed by atoms with E-state index in [-0.39, 0.29) is 0 Å². The molecule has 1 aromatic heterocycles. The number of thioether (sulfide) groups is 2. The number of rotatable bonds is 8. The van der Waals surface area contributed by atoms with Crippen LogP contribution in [0.3, 0.4) is 0 Å². The zero-order chi connectivity index (χ0) is 13.2. The molecule has 2 atom stereocenters. The standard InChI is InChI=1S/C14H16S4Se/c15-9(3-11-7-17-11)5-13-1-2-14(19-13)6-10(16)4-12-8-18-12/h1-2,11-12H,3-8H2. The van der Waals surface area contributed by atoms with Crippen LogP contribution in [-0.4, -0.2) is 46.2 Å². The first-order valence-electron chi connectivity index (χ1n) is 6.53. The van der Waals surface area contributed by atoms with E-state index in [0.717, 1.165) is 36.2 Å². The van der Waals surface area contributed by atoms with Gasteiger partial charge < -0.3 is 0 Å². The molecule has 5 heteroatoms. The van der Waals surface area contributed by atoms with Gasteiger partial charge in [0, 0.05) is 0 Å². The molecule has 0 saturated carbocycles. The Bertz CT molecular complexity index is 443. The summed E-state index contributed by atoms with van der Waals surface area (Å²) in [6.07, 6.45) is 4.41. The Hall–Kier alpha value is 0.879. The molecule has 0 radical (unpaired) electrons. The third kappa shape index (κ3) is 5.29. The summed E-state index contributed by atoms with van der Waals surface area (Å²) in [4.78, 5) is 2.52. The minimum atomic E-state index is 0.515. The average molecular weight is 392 g/mol. The summed E-state index contributed by atoms with van der Waals surface area (Å²) in [6, 6.07) is 4.60. The number of thiocarbonyl (C=S) groups is 2. The molecule has 102 valence electrons. The van der Waals surface area contributed by atoms with Gasteiger partial charge in [-0.3, -0.25) is 0 Å². The summed E-state index contributed by atoms with van der Waals surface area (Å²) in [6.45, 7) is 0. The van der Waals surface area contributed by atoms with E-state index in [1.807, 2.05) is 23.5 Å². The Kier molecular flexibility index (Phi) is 5.27. The van der Waals surface area contributed by atoms with E-state index in [0.29, 0.717) is 14.5 Å². The van der Waals surface area contributed by atoms with E-state index in [2.05, 4.69) is 12.1 Å². The summed E-state index contributed by atoms with van der Waals surface area (Å²) >= 11 is 15.6. The topological polar surface area (TPSA) is 0 Å². The molecule has 0 spiro atoms. The van der Waals surface area contributed by atoms with Crippen LogP contribution >= 0.6 is 48.0 Å². The van der Waals surface area contributed by atoms with Gasteiger partial charge in [-0.1, -0.05) is 0 Å².